The third-order valence-electron chi connectivity index (χ3n) is 5.04. The van der Waals surface area contributed by atoms with Gasteiger partial charge in [-0.3, -0.25) is 9.58 Å². The number of aromatic nitrogens is 4. The highest BCUT2D eigenvalue weighted by atomic mass is 15.3. The number of imidazole rings is 1. The summed E-state index contributed by atoms with van der Waals surface area (Å²) >= 11 is 0. The van der Waals surface area contributed by atoms with E-state index in [0.29, 0.717) is 6.04 Å². The molecule has 3 aromatic rings. The van der Waals surface area contributed by atoms with Gasteiger partial charge in [0.1, 0.15) is 5.65 Å². The number of nitrogens with zero attached hydrogens (tertiary/aromatic N) is 5. The number of aryl methyl sites for hydroxylation is 2. The van der Waals surface area contributed by atoms with E-state index in [4.69, 9.17) is 4.98 Å². The summed E-state index contributed by atoms with van der Waals surface area (Å²) in [6, 6.07) is 6.60. The van der Waals surface area contributed by atoms with Crippen molar-refractivity contribution in [2.45, 2.75) is 39.3 Å². The highest BCUT2D eigenvalue weighted by Gasteiger charge is 2.30. The number of fused-ring (bicyclic) bond motifs is 1. The molecule has 0 radical (unpaired) electrons. The summed E-state index contributed by atoms with van der Waals surface area (Å²) in [5.74, 6) is 0. The minimum absolute atomic E-state index is 0.466. The Labute approximate surface area is 136 Å². The molecule has 1 fully saturated rings. The molecule has 23 heavy (non-hydrogen) atoms. The van der Waals surface area contributed by atoms with Gasteiger partial charge < -0.3 is 4.40 Å². The Balaban J connectivity index is 1.62. The molecule has 4 heterocycles. The predicted octanol–water partition coefficient (Wildman–Crippen LogP) is 3.02. The van der Waals surface area contributed by atoms with Crippen molar-refractivity contribution in [3.05, 3.63) is 53.2 Å². The standard InChI is InChI=1S/C18H23N5/c1-13-18(14(2)21(3)20-13)16-7-6-10-22(16)11-15-12-23-9-5-4-8-17(23)19-15/h4-5,8-9,12,16H,6-7,10-11H2,1-3H3/t16-/m0/s1. The monoisotopic (exact) mass is 309 g/mol. The quantitative estimate of drug-likeness (QED) is 0.746. The van der Waals surface area contributed by atoms with Gasteiger partial charge in [-0.05, 0) is 45.4 Å². The van der Waals surface area contributed by atoms with Crippen molar-refractivity contribution in [2.24, 2.45) is 7.05 Å². The summed E-state index contributed by atoms with van der Waals surface area (Å²) in [5.41, 5.74) is 6.02. The van der Waals surface area contributed by atoms with E-state index in [1.165, 1.54) is 24.1 Å². The number of rotatable bonds is 3. The van der Waals surface area contributed by atoms with Crippen LogP contribution in [0.25, 0.3) is 5.65 Å². The fourth-order valence-corrected chi connectivity index (χ4v) is 3.89. The topological polar surface area (TPSA) is 38.4 Å². The molecule has 1 aliphatic heterocycles. The van der Waals surface area contributed by atoms with E-state index in [0.717, 1.165) is 30.1 Å². The summed E-state index contributed by atoms with van der Waals surface area (Å²) in [7, 11) is 2.03. The van der Waals surface area contributed by atoms with Crippen molar-refractivity contribution in [3.63, 3.8) is 0 Å². The highest BCUT2D eigenvalue weighted by Crippen LogP contribution is 2.36. The van der Waals surface area contributed by atoms with Crippen LogP contribution in [0.3, 0.4) is 0 Å². The van der Waals surface area contributed by atoms with Crippen LogP contribution in [-0.4, -0.2) is 30.6 Å². The molecule has 0 amide bonds. The lowest BCUT2D eigenvalue weighted by Gasteiger charge is -2.24. The summed E-state index contributed by atoms with van der Waals surface area (Å²) in [6.45, 7) is 6.34. The van der Waals surface area contributed by atoms with E-state index in [9.17, 15) is 0 Å². The van der Waals surface area contributed by atoms with Crippen LogP contribution in [-0.2, 0) is 13.6 Å². The van der Waals surface area contributed by atoms with Gasteiger partial charge in [0, 0.05) is 43.3 Å². The SMILES string of the molecule is Cc1nn(C)c(C)c1[C@@H]1CCCN1Cc1cn2ccccc2n1. The molecule has 1 saturated heterocycles. The Kier molecular flexibility index (Phi) is 3.45. The molecule has 0 saturated carbocycles. The third kappa shape index (κ3) is 2.45. The summed E-state index contributed by atoms with van der Waals surface area (Å²) < 4.78 is 4.10. The first-order valence-corrected chi connectivity index (χ1v) is 8.30. The van der Waals surface area contributed by atoms with Gasteiger partial charge in [0.2, 0.25) is 0 Å². The second-order valence-electron chi connectivity index (χ2n) is 6.53. The Bertz CT molecular complexity index is 811. The molecule has 5 heteroatoms. The molecule has 4 rings (SSSR count). The van der Waals surface area contributed by atoms with Crippen molar-refractivity contribution in [1.82, 2.24) is 24.1 Å². The van der Waals surface area contributed by atoms with E-state index >= 15 is 0 Å². The van der Waals surface area contributed by atoms with E-state index < -0.39 is 0 Å². The molecule has 0 N–H and O–H groups in total. The largest absolute Gasteiger partial charge is 0.307 e. The Morgan fingerprint density at radius 1 is 1.26 bits per heavy atom. The maximum atomic E-state index is 4.75. The fraction of sp³-hybridized carbons (Fsp3) is 0.444. The highest BCUT2D eigenvalue weighted by molar-refractivity contribution is 5.39. The van der Waals surface area contributed by atoms with Crippen molar-refractivity contribution in [3.8, 4) is 0 Å². The normalized spacial score (nSPS) is 19.0. The fourth-order valence-electron chi connectivity index (χ4n) is 3.89. The van der Waals surface area contributed by atoms with Crippen LogP contribution in [0.4, 0.5) is 0 Å². The molecule has 120 valence electrons. The van der Waals surface area contributed by atoms with Crippen LogP contribution in [0.5, 0.6) is 0 Å². The first-order valence-electron chi connectivity index (χ1n) is 8.30. The van der Waals surface area contributed by atoms with Crippen molar-refractivity contribution < 1.29 is 0 Å². The van der Waals surface area contributed by atoms with E-state index in [2.05, 4.69) is 46.7 Å². The second-order valence-corrected chi connectivity index (χ2v) is 6.53. The van der Waals surface area contributed by atoms with Gasteiger partial charge in [0.25, 0.3) is 0 Å². The Morgan fingerprint density at radius 3 is 2.87 bits per heavy atom. The summed E-state index contributed by atoms with van der Waals surface area (Å²) in [6.07, 6.45) is 6.66. The zero-order valence-electron chi connectivity index (χ0n) is 14.0. The molecule has 3 aromatic heterocycles. The Morgan fingerprint density at radius 2 is 2.13 bits per heavy atom. The molecule has 5 nitrogen and oxygen atoms in total. The average Bonchev–Trinajstić information content (AvgIpc) is 3.19. The second kappa shape index (κ2) is 5.49. The van der Waals surface area contributed by atoms with Gasteiger partial charge in [-0.1, -0.05) is 6.07 Å². The van der Waals surface area contributed by atoms with Crippen molar-refractivity contribution in [2.75, 3.05) is 6.54 Å². The minimum Gasteiger partial charge on any atom is -0.307 e. The number of pyridine rings is 1. The molecule has 1 aliphatic rings. The third-order valence-corrected chi connectivity index (χ3v) is 5.04. The maximum Gasteiger partial charge on any atom is 0.137 e. The zero-order valence-corrected chi connectivity index (χ0v) is 14.0. The lowest BCUT2D eigenvalue weighted by atomic mass is 10.0. The number of likely N-dealkylation sites (tertiary alicyclic amines) is 1. The molecule has 0 spiro atoms. The lowest BCUT2D eigenvalue weighted by molar-refractivity contribution is 0.244. The van der Waals surface area contributed by atoms with Gasteiger partial charge in [0.05, 0.1) is 11.4 Å². The van der Waals surface area contributed by atoms with Gasteiger partial charge in [-0.25, -0.2) is 4.98 Å². The molecular formula is C18H23N5. The molecule has 0 bridgehead atoms. The van der Waals surface area contributed by atoms with Crippen molar-refractivity contribution >= 4 is 5.65 Å². The maximum absolute atomic E-state index is 4.75. The van der Waals surface area contributed by atoms with Gasteiger partial charge >= 0.3 is 0 Å². The van der Waals surface area contributed by atoms with E-state index in [-0.39, 0.29) is 0 Å². The number of hydrogen-bond acceptors (Lipinski definition) is 3. The van der Waals surface area contributed by atoms with Crippen LogP contribution in [0, 0.1) is 13.8 Å². The van der Waals surface area contributed by atoms with Crippen LogP contribution in [0.1, 0.15) is 41.5 Å². The first-order chi connectivity index (χ1) is 11.1. The van der Waals surface area contributed by atoms with Gasteiger partial charge in [-0.15, -0.1) is 0 Å². The lowest BCUT2D eigenvalue weighted by Crippen LogP contribution is -2.23. The van der Waals surface area contributed by atoms with Crippen LogP contribution in [0.2, 0.25) is 0 Å². The summed E-state index contributed by atoms with van der Waals surface area (Å²) in [5, 5.41) is 4.60. The van der Waals surface area contributed by atoms with Crippen LogP contribution < -0.4 is 0 Å². The number of hydrogen-bond donors (Lipinski definition) is 0. The molecular weight excluding hydrogens is 286 g/mol. The van der Waals surface area contributed by atoms with Crippen LogP contribution >= 0.6 is 0 Å². The predicted molar refractivity (Wildman–Crippen MR) is 90.3 cm³/mol. The molecule has 0 aromatic carbocycles. The zero-order chi connectivity index (χ0) is 16.0. The molecule has 0 unspecified atom stereocenters. The minimum atomic E-state index is 0.466. The first kappa shape index (κ1) is 14.5. The van der Waals surface area contributed by atoms with Crippen LogP contribution in [0.15, 0.2) is 30.6 Å². The van der Waals surface area contributed by atoms with E-state index in [1.54, 1.807) is 0 Å². The smallest absolute Gasteiger partial charge is 0.137 e. The van der Waals surface area contributed by atoms with Gasteiger partial charge in [0.15, 0.2) is 0 Å². The van der Waals surface area contributed by atoms with Crippen molar-refractivity contribution in [1.29, 1.82) is 0 Å². The Hall–Kier alpha value is -2.14. The summed E-state index contributed by atoms with van der Waals surface area (Å²) in [4.78, 5) is 7.31. The molecule has 0 aliphatic carbocycles. The van der Waals surface area contributed by atoms with Gasteiger partial charge in [-0.2, -0.15) is 5.10 Å². The average molecular weight is 309 g/mol. The molecule has 1 atom stereocenters. The van der Waals surface area contributed by atoms with E-state index in [1.807, 2.05) is 23.9 Å².